The first kappa shape index (κ1) is 24.0. The van der Waals surface area contributed by atoms with Crippen LogP contribution in [0.3, 0.4) is 0 Å². The van der Waals surface area contributed by atoms with Gasteiger partial charge in [-0.3, -0.25) is 19.3 Å². The highest BCUT2D eigenvalue weighted by atomic mass is 16.5. The number of carbonyl (C=O) groups is 3. The number of hydrogen-bond donors (Lipinski definition) is 1. The molecule has 1 amide bonds. The molecule has 1 aromatic heterocycles. The van der Waals surface area contributed by atoms with Gasteiger partial charge in [0.15, 0.2) is 0 Å². The molecule has 0 saturated carbocycles. The van der Waals surface area contributed by atoms with Crippen LogP contribution in [0.2, 0.25) is 0 Å². The van der Waals surface area contributed by atoms with Gasteiger partial charge in [-0.25, -0.2) is 4.79 Å². The molecule has 11 heteroatoms. The Balaban J connectivity index is 2.13. The maximum Gasteiger partial charge on any atom is 0.340 e. The van der Waals surface area contributed by atoms with Gasteiger partial charge in [0.2, 0.25) is 11.8 Å². The lowest BCUT2D eigenvalue weighted by molar-refractivity contribution is -0.140. The second-order valence-corrected chi connectivity index (χ2v) is 8.04. The van der Waals surface area contributed by atoms with Gasteiger partial charge in [0.05, 0.1) is 26.4 Å². The van der Waals surface area contributed by atoms with Crippen molar-refractivity contribution in [3.63, 3.8) is 0 Å². The number of aromatic nitrogens is 1. The zero-order valence-electron chi connectivity index (χ0n) is 19.7. The van der Waals surface area contributed by atoms with Crippen molar-refractivity contribution in [3.8, 4) is 5.75 Å². The van der Waals surface area contributed by atoms with Gasteiger partial charge in [-0.05, 0) is 13.0 Å². The average molecular weight is 483 g/mol. The van der Waals surface area contributed by atoms with E-state index in [1.165, 1.54) is 23.7 Å². The number of rotatable bonds is 6. The maximum absolute atomic E-state index is 14.3. The minimum atomic E-state index is -2.00. The number of para-hydroxylation sites is 1. The van der Waals surface area contributed by atoms with Gasteiger partial charge in [-0.1, -0.05) is 18.2 Å². The second kappa shape index (κ2) is 8.91. The molecule has 2 aromatic rings. The molecule has 1 aromatic carbocycles. The number of nitrogens with two attached hydrogens (primary N) is 1. The minimum Gasteiger partial charge on any atom is -0.468 e. The van der Waals surface area contributed by atoms with E-state index in [2.05, 4.69) is 0 Å². The van der Waals surface area contributed by atoms with Crippen molar-refractivity contribution < 1.29 is 33.3 Å². The molecule has 1 spiro atoms. The standard InChI is InChI=1S/C24H25N3O8/c1-13-11-16-18(21(29)26(13)9-10-32-2)24(19(20(25)35-16)22(30)34-4)14-7-5-6-8-15(14)27(23(24)31)12-17(28)33-3/h5-8,11H,9-10,12,25H2,1-4H3. The van der Waals surface area contributed by atoms with E-state index in [1.54, 1.807) is 37.3 Å². The van der Waals surface area contributed by atoms with E-state index in [4.69, 9.17) is 24.7 Å². The van der Waals surface area contributed by atoms with Crippen molar-refractivity contribution in [1.29, 1.82) is 0 Å². The highest BCUT2D eigenvalue weighted by Gasteiger charge is 2.62. The number of pyridine rings is 1. The lowest BCUT2D eigenvalue weighted by Gasteiger charge is -2.35. The van der Waals surface area contributed by atoms with E-state index >= 15 is 0 Å². The van der Waals surface area contributed by atoms with E-state index in [0.29, 0.717) is 16.9 Å². The summed E-state index contributed by atoms with van der Waals surface area (Å²) >= 11 is 0. The first-order valence-corrected chi connectivity index (χ1v) is 10.7. The van der Waals surface area contributed by atoms with Crippen LogP contribution in [0.1, 0.15) is 16.8 Å². The summed E-state index contributed by atoms with van der Waals surface area (Å²) in [6.45, 7) is 1.69. The average Bonchev–Trinajstić information content (AvgIpc) is 3.06. The Labute approximate surface area is 200 Å². The van der Waals surface area contributed by atoms with Gasteiger partial charge < -0.3 is 29.2 Å². The van der Waals surface area contributed by atoms with Crippen molar-refractivity contribution in [2.24, 2.45) is 5.73 Å². The normalized spacial score (nSPS) is 18.3. The molecular formula is C24H25N3O8. The Bertz CT molecular complexity index is 1330. The molecule has 0 bridgehead atoms. The number of benzene rings is 1. The molecule has 35 heavy (non-hydrogen) atoms. The zero-order chi connectivity index (χ0) is 25.5. The number of nitrogens with zero attached hydrogens (tertiary/aromatic N) is 2. The molecule has 4 rings (SSSR count). The molecule has 1 unspecified atom stereocenters. The summed E-state index contributed by atoms with van der Waals surface area (Å²) in [4.78, 5) is 54.7. The number of esters is 2. The van der Waals surface area contributed by atoms with Crippen LogP contribution in [0, 0.1) is 6.92 Å². The number of methoxy groups -OCH3 is 3. The summed E-state index contributed by atoms with van der Waals surface area (Å²) in [6, 6.07) is 8.13. The fourth-order valence-electron chi connectivity index (χ4n) is 4.75. The summed E-state index contributed by atoms with van der Waals surface area (Å²) < 4.78 is 22.0. The Kier molecular flexibility index (Phi) is 6.12. The van der Waals surface area contributed by atoms with Crippen molar-refractivity contribution in [3.05, 3.63) is 69.0 Å². The highest BCUT2D eigenvalue weighted by Crippen LogP contribution is 2.54. The van der Waals surface area contributed by atoms with Crippen LogP contribution >= 0.6 is 0 Å². The van der Waals surface area contributed by atoms with Crippen LogP contribution < -0.4 is 20.9 Å². The fraction of sp³-hybridized carbons (Fsp3) is 0.333. The number of amides is 1. The van der Waals surface area contributed by atoms with Crippen LogP contribution in [0.5, 0.6) is 5.75 Å². The van der Waals surface area contributed by atoms with Crippen LogP contribution in [0.4, 0.5) is 5.69 Å². The monoisotopic (exact) mass is 483 g/mol. The zero-order valence-corrected chi connectivity index (χ0v) is 19.7. The Hall–Kier alpha value is -4.12. The minimum absolute atomic E-state index is 0.0365. The molecule has 11 nitrogen and oxygen atoms in total. The van der Waals surface area contributed by atoms with Crippen LogP contribution in [-0.2, 0) is 40.6 Å². The van der Waals surface area contributed by atoms with Gasteiger partial charge in [0, 0.05) is 36.7 Å². The summed E-state index contributed by atoms with van der Waals surface area (Å²) in [6.07, 6.45) is 0. The highest BCUT2D eigenvalue weighted by molar-refractivity contribution is 6.19. The third-order valence-corrected chi connectivity index (χ3v) is 6.28. The maximum atomic E-state index is 14.3. The van der Waals surface area contributed by atoms with Crippen LogP contribution in [-0.4, -0.2) is 56.9 Å². The second-order valence-electron chi connectivity index (χ2n) is 8.04. The Morgan fingerprint density at radius 1 is 1.11 bits per heavy atom. The van der Waals surface area contributed by atoms with E-state index in [9.17, 15) is 19.2 Å². The number of fused-ring (bicyclic) bond motifs is 4. The molecule has 0 fully saturated rings. The van der Waals surface area contributed by atoms with E-state index < -0.39 is 35.4 Å². The number of hydrogen-bond acceptors (Lipinski definition) is 9. The summed E-state index contributed by atoms with van der Waals surface area (Å²) in [5, 5.41) is 0. The largest absolute Gasteiger partial charge is 0.468 e. The predicted molar refractivity (Wildman–Crippen MR) is 123 cm³/mol. The molecule has 1 atom stereocenters. The molecule has 3 heterocycles. The number of carbonyl (C=O) groups excluding carboxylic acids is 3. The summed E-state index contributed by atoms with van der Waals surface area (Å²) in [5.74, 6) is -2.69. The summed E-state index contributed by atoms with van der Waals surface area (Å²) in [7, 11) is 3.84. The first-order chi connectivity index (χ1) is 16.7. The number of aryl methyl sites for hydroxylation is 1. The molecule has 184 valence electrons. The lowest BCUT2D eigenvalue weighted by Crippen LogP contribution is -2.52. The number of anilines is 1. The fourth-order valence-corrected chi connectivity index (χ4v) is 4.75. The van der Waals surface area contributed by atoms with E-state index in [0.717, 1.165) is 7.11 Å². The third-order valence-electron chi connectivity index (χ3n) is 6.28. The van der Waals surface area contributed by atoms with Crippen molar-refractivity contribution >= 4 is 23.5 Å². The predicted octanol–water partition coefficient (Wildman–Crippen LogP) is 0.345. The molecule has 2 aliphatic rings. The van der Waals surface area contributed by atoms with Gasteiger partial charge in [-0.15, -0.1) is 0 Å². The molecular weight excluding hydrogens is 458 g/mol. The quantitative estimate of drug-likeness (QED) is 0.576. The topological polar surface area (TPSA) is 139 Å². The Morgan fingerprint density at radius 2 is 1.83 bits per heavy atom. The first-order valence-electron chi connectivity index (χ1n) is 10.7. The van der Waals surface area contributed by atoms with Gasteiger partial charge in [0.1, 0.15) is 23.3 Å². The molecule has 0 aliphatic carbocycles. The molecule has 0 radical (unpaired) electrons. The van der Waals surface area contributed by atoms with Crippen LogP contribution in [0.25, 0.3) is 0 Å². The van der Waals surface area contributed by atoms with Crippen LogP contribution in [0.15, 0.2) is 46.6 Å². The van der Waals surface area contributed by atoms with E-state index in [1.807, 2.05) is 0 Å². The van der Waals surface area contributed by atoms with Gasteiger partial charge >= 0.3 is 11.9 Å². The van der Waals surface area contributed by atoms with E-state index in [-0.39, 0.29) is 35.9 Å². The molecule has 2 N–H and O–H groups in total. The van der Waals surface area contributed by atoms with Crippen molar-refractivity contribution in [2.75, 3.05) is 39.4 Å². The van der Waals surface area contributed by atoms with Crippen molar-refractivity contribution in [2.45, 2.75) is 18.9 Å². The summed E-state index contributed by atoms with van der Waals surface area (Å²) in [5.41, 5.74) is 4.36. The SMILES string of the molecule is COCCn1c(C)cc2c(c1=O)C1(C(=O)N(CC(=O)OC)c3ccccc31)C(C(=O)OC)=C(N)O2. The molecule has 2 aliphatic heterocycles. The van der Waals surface area contributed by atoms with Crippen molar-refractivity contribution in [1.82, 2.24) is 4.57 Å². The lowest BCUT2D eigenvalue weighted by atomic mass is 9.68. The van der Waals surface area contributed by atoms with Gasteiger partial charge in [0.25, 0.3) is 5.56 Å². The smallest absolute Gasteiger partial charge is 0.340 e. The Morgan fingerprint density at radius 3 is 2.49 bits per heavy atom. The number of ether oxygens (including phenoxy) is 4. The van der Waals surface area contributed by atoms with Gasteiger partial charge in [-0.2, -0.15) is 0 Å². The molecule has 0 saturated heterocycles. The third kappa shape index (κ3) is 3.38.